The van der Waals surface area contributed by atoms with Crippen LogP contribution in [0.4, 0.5) is 10.8 Å². The van der Waals surface area contributed by atoms with Gasteiger partial charge >= 0.3 is 0 Å². The highest BCUT2D eigenvalue weighted by atomic mass is 32.2. The molecule has 2 aromatic carbocycles. The van der Waals surface area contributed by atoms with Gasteiger partial charge in [0.2, 0.25) is 10.0 Å². The molecule has 4 rings (SSSR count). The molecule has 158 valence electrons. The maximum Gasteiger partial charge on any atom is 0.243 e. The van der Waals surface area contributed by atoms with Crippen molar-refractivity contribution >= 4 is 32.2 Å². The number of hydrogen-bond donors (Lipinski definition) is 1. The molecule has 2 heterocycles. The van der Waals surface area contributed by atoms with Crippen molar-refractivity contribution in [3.8, 4) is 0 Å². The Labute approximate surface area is 182 Å². The molecule has 1 N–H and O–H groups in total. The fourth-order valence-electron chi connectivity index (χ4n) is 3.41. The van der Waals surface area contributed by atoms with Crippen molar-refractivity contribution in [1.29, 1.82) is 0 Å². The number of nitrogens with one attached hydrogen (secondary N) is 1. The van der Waals surface area contributed by atoms with Crippen molar-refractivity contribution < 1.29 is 8.42 Å². The van der Waals surface area contributed by atoms with E-state index in [1.165, 1.54) is 5.56 Å². The second kappa shape index (κ2) is 8.85. The summed E-state index contributed by atoms with van der Waals surface area (Å²) in [6.07, 6.45) is 0. The highest BCUT2D eigenvalue weighted by molar-refractivity contribution is 7.89. The molecule has 1 aliphatic rings. The van der Waals surface area contributed by atoms with E-state index in [4.69, 9.17) is 0 Å². The number of aromatic nitrogens is 1. The largest absolute Gasteiger partial charge is 0.332 e. The fourth-order valence-corrected chi connectivity index (χ4v) is 5.56. The maximum absolute atomic E-state index is 12.8. The number of aryl methyl sites for hydroxylation is 2. The molecular weight excluding hydrogens is 416 g/mol. The summed E-state index contributed by atoms with van der Waals surface area (Å²) >= 11 is 1.59. The van der Waals surface area contributed by atoms with Gasteiger partial charge in [-0.1, -0.05) is 35.4 Å². The van der Waals surface area contributed by atoms with Gasteiger partial charge in [-0.05, 0) is 38.1 Å². The number of sulfonamides is 1. The van der Waals surface area contributed by atoms with Crippen LogP contribution in [-0.2, 0) is 16.6 Å². The first-order valence-corrected chi connectivity index (χ1v) is 12.3. The number of nitrogens with zero attached hydrogens (tertiary/aromatic N) is 3. The average Bonchev–Trinajstić information content (AvgIpc) is 3.17. The lowest BCUT2D eigenvalue weighted by atomic mass is 10.2. The number of piperazine rings is 1. The Balaban J connectivity index is 1.32. The molecule has 30 heavy (non-hydrogen) atoms. The highest BCUT2D eigenvalue weighted by Gasteiger charge is 2.28. The minimum absolute atomic E-state index is 0.368. The molecule has 1 saturated heterocycles. The van der Waals surface area contributed by atoms with Gasteiger partial charge in [-0.25, -0.2) is 13.4 Å². The van der Waals surface area contributed by atoms with Crippen molar-refractivity contribution in [2.45, 2.75) is 25.3 Å². The SMILES string of the molecule is Cc1ccc(Nc2nc(CN3CCN(S(=O)(=O)c4ccc(C)cc4)CC3)cs2)cc1. The molecule has 1 fully saturated rings. The van der Waals surface area contributed by atoms with Gasteiger partial charge in [0.25, 0.3) is 0 Å². The highest BCUT2D eigenvalue weighted by Crippen LogP contribution is 2.23. The Morgan fingerprint density at radius 2 is 1.53 bits per heavy atom. The topological polar surface area (TPSA) is 65.5 Å². The summed E-state index contributed by atoms with van der Waals surface area (Å²) in [5, 5.41) is 6.27. The first-order chi connectivity index (χ1) is 14.4. The van der Waals surface area contributed by atoms with Crippen molar-refractivity contribution in [3.63, 3.8) is 0 Å². The molecule has 8 heteroatoms. The van der Waals surface area contributed by atoms with Crippen LogP contribution in [0.2, 0.25) is 0 Å². The summed E-state index contributed by atoms with van der Waals surface area (Å²) in [6.45, 7) is 7.13. The molecule has 3 aromatic rings. The molecule has 0 atom stereocenters. The molecule has 0 unspecified atom stereocenters. The summed E-state index contributed by atoms with van der Waals surface area (Å²) in [7, 11) is -3.43. The molecule has 0 bridgehead atoms. The molecule has 6 nitrogen and oxygen atoms in total. The van der Waals surface area contributed by atoms with Gasteiger partial charge in [0.05, 0.1) is 10.6 Å². The van der Waals surface area contributed by atoms with E-state index in [1.54, 1.807) is 27.8 Å². The van der Waals surface area contributed by atoms with Crippen molar-refractivity contribution in [2.24, 2.45) is 0 Å². The monoisotopic (exact) mass is 442 g/mol. The van der Waals surface area contributed by atoms with Crippen LogP contribution in [0.5, 0.6) is 0 Å². The zero-order valence-electron chi connectivity index (χ0n) is 17.2. The third kappa shape index (κ3) is 4.89. The van der Waals surface area contributed by atoms with Crippen LogP contribution in [0.1, 0.15) is 16.8 Å². The summed E-state index contributed by atoms with van der Waals surface area (Å²) in [5.41, 5.74) is 4.31. The van der Waals surface area contributed by atoms with Crippen molar-refractivity contribution in [2.75, 3.05) is 31.5 Å². The molecule has 0 aliphatic carbocycles. The summed E-state index contributed by atoms with van der Waals surface area (Å²) in [4.78, 5) is 7.30. The van der Waals surface area contributed by atoms with E-state index in [0.717, 1.165) is 28.6 Å². The van der Waals surface area contributed by atoms with Gasteiger partial charge in [-0.2, -0.15) is 4.31 Å². The van der Waals surface area contributed by atoms with Crippen LogP contribution in [0.25, 0.3) is 0 Å². The van der Waals surface area contributed by atoms with E-state index in [2.05, 4.69) is 39.6 Å². The minimum atomic E-state index is -3.43. The zero-order chi connectivity index (χ0) is 21.1. The summed E-state index contributed by atoms with van der Waals surface area (Å²) in [6, 6.07) is 15.3. The minimum Gasteiger partial charge on any atom is -0.332 e. The number of thiazole rings is 1. The van der Waals surface area contributed by atoms with Gasteiger partial charge in [0.15, 0.2) is 5.13 Å². The molecule has 1 aromatic heterocycles. The third-order valence-corrected chi connectivity index (χ3v) is 7.95. The van der Waals surface area contributed by atoms with E-state index in [9.17, 15) is 8.42 Å². The second-order valence-electron chi connectivity index (χ2n) is 7.63. The lowest BCUT2D eigenvalue weighted by Crippen LogP contribution is -2.48. The maximum atomic E-state index is 12.8. The summed E-state index contributed by atoms with van der Waals surface area (Å²) in [5.74, 6) is 0. The normalized spacial score (nSPS) is 15.9. The molecule has 0 spiro atoms. The Bertz CT molecular complexity index is 1080. The van der Waals surface area contributed by atoms with Crippen LogP contribution in [0.15, 0.2) is 58.8 Å². The molecule has 0 amide bonds. The van der Waals surface area contributed by atoms with Crippen LogP contribution in [-0.4, -0.2) is 48.8 Å². The van der Waals surface area contributed by atoms with Crippen LogP contribution < -0.4 is 5.32 Å². The number of anilines is 2. The van der Waals surface area contributed by atoms with Crippen molar-refractivity contribution in [3.05, 3.63) is 70.7 Å². The third-order valence-electron chi connectivity index (χ3n) is 5.23. The molecule has 0 saturated carbocycles. The predicted octanol–water partition coefficient (Wildman–Crippen LogP) is 4.01. The molecular formula is C22H26N4O2S2. The lowest BCUT2D eigenvalue weighted by Gasteiger charge is -2.33. The van der Waals surface area contributed by atoms with Crippen LogP contribution in [0, 0.1) is 13.8 Å². The van der Waals surface area contributed by atoms with E-state index >= 15 is 0 Å². The Kier molecular flexibility index (Phi) is 6.19. The van der Waals surface area contributed by atoms with Gasteiger partial charge in [0, 0.05) is 43.8 Å². The fraction of sp³-hybridized carbons (Fsp3) is 0.318. The van der Waals surface area contributed by atoms with E-state index in [1.807, 2.05) is 31.2 Å². The van der Waals surface area contributed by atoms with E-state index in [0.29, 0.717) is 31.1 Å². The van der Waals surface area contributed by atoms with Crippen LogP contribution >= 0.6 is 11.3 Å². The first-order valence-electron chi connectivity index (χ1n) is 9.97. The number of hydrogen-bond acceptors (Lipinski definition) is 6. The van der Waals surface area contributed by atoms with Crippen molar-refractivity contribution in [1.82, 2.24) is 14.2 Å². The Hall–Kier alpha value is -2.26. The second-order valence-corrected chi connectivity index (χ2v) is 10.4. The standard InChI is InChI=1S/C22H26N4O2S2/c1-17-3-7-19(8-4-17)23-22-24-20(16-29-22)15-25-11-13-26(14-12-25)30(27,28)21-9-5-18(2)6-10-21/h3-10,16H,11-15H2,1-2H3,(H,23,24). The lowest BCUT2D eigenvalue weighted by molar-refractivity contribution is 0.180. The average molecular weight is 443 g/mol. The Morgan fingerprint density at radius 1 is 0.933 bits per heavy atom. The number of benzene rings is 2. The zero-order valence-corrected chi connectivity index (χ0v) is 18.8. The Morgan fingerprint density at radius 3 is 2.17 bits per heavy atom. The smallest absolute Gasteiger partial charge is 0.243 e. The summed E-state index contributed by atoms with van der Waals surface area (Å²) < 4.78 is 27.3. The van der Waals surface area contributed by atoms with Gasteiger partial charge in [0.1, 0.15) is 0 Å². The van der Waals surface area contributed by atoms with Gasteiger partial charge in [-0.15, -0.1) is 11.3 Å². The molecule has 0 radical (unpaired) electrons. The van der Waals surface area contributed by atoms with E-state index in [-0.39, 0.29) is 0 Å². The quantitative estimate of drug-likeness (QED) is 0.625. The van der Waals surface area contributed by atoms with Gasteiger partial charge < -0.3 is 5.32 Å². The predicted molar refractivity (Wildman–Crippen MR) is 122 cm³/mol. The number of rotatable bonds is 6. The first kappa shape index (κ1) is 21.0. The molecule has 1 aliphatic heterocycles. The van der Waals surface area contributed by atoms with Gasteiger partial charge in [-0.3, -0.25) is 4.90 Å². The van der Waals surface area contributed by atoms with Crippen LogP contribution in [0.3, 0.4) is 0 Å². The van der Waals surface area contributed by atoms with E-state index < -0.39 is 10.0 Å².